The molecule has 2 rings (SSSR count). The van der Waals surface area contributed by atoms with Crippen LogP contribution < -0.4 is 4.72 Å². The van der Waals surface area contributed by atoms with E-state index in [-0.39, 0.29) is 10.2 Å². The van der Waals surface area contributed by atoms with Crippen LogP contribution in [0.5, 0.6) is 0 Å². The second-order valence-corrected chi connectivity index (χ2v) is 6.46. The van der Waals surface area contributed by atoms with Crippen LogP contribution in [-0.2, 0) is 23.5 Å². The van der Waals surface area contributed by atoms with Gasteiger partial charge in [-0.1, -0.05) is 6.92 Å². The summed E-state index contributed by atoms with van der Waals surface area (Å²) in [6.45, 7) is 1.98. The summed E-state index contributed by atoms with van der Waals surface area (Å²) in [6.07, 6.45) is 2.12. The van der Waals surface area contributed by atoms with Crippen LogP contribution in [0.1, 0.15) is 11.8 Å². The van der Waals surface area contributed by atoms with E-state index in [1.807, 2.05) is 13.0 Å². The molecule has 0 fully saturated rings. The largest absolute Gasteiger partial charge is 0.273 e. The fraction of sp³-hybridized carbons (Fsp3) is 0.333. The molecule has 0 bridgehead atoms. The van der Waals surface area contributed by atoms with Gasteiger partial charge in [-0.15, -0.1) is 11.3 Å². The van der Waals surface area contributed by atoms with Gasteiger partial charge in [0.1, 0.15) is 10.5 Å². The molecular weight excluding hydrogens is 260 g/mol. The summed E-state index contributed by atoms with van der Waals surface area (Å²) < 4.78 is 28.0. The van der Waals surface area contributed by atoms with Gasteiger partial charge in [0.15, 0.2) is 0 Å². The summed E-state index contributed by atoms with van der Waals surface area (Å²) >= 11 is 1.26. The molecule has 0 aliphatic rings. The van der Waals surface area contributed by atoms with Gasteiger partial charge in [-0.2, -0.15) is 10.1 Å². The molecule has 92 valence electrons. The summed E-state index contributed by atoms with van der Waals surface area (Å²) in [5, 5.41) is 3.80. The molecule has 2 aromatic heterocycles. The van der Waals surface area contributed by atoms with Gasteiger partial charge in [0.05, 0.1) is 0 Å². The monoisotopic (exact) mass is 272 g/mol. The molecule has 0 spiro atoms. The van der Waals surface area contributed by atoms with Gasteiger partial charge >= 0.3 is 0 Å². The third-order valence-corrected chi connectivity index (χ3v) is 5.24. The van der Waals surface area contributed by atoms with E-state index in [9.17, 15) is 8.42 Å². The van der Waals surface area contributed by atoms with E-state index in [4.69, 9.17) is 0 Å². The quantitative estimate of drug-likeness (QED) is 0.908. The topological polar surface area (TPSA) is 76.9 Å². The lowest BCUT2D eigenvalue weighted by Crippen LogP contribution is -2.14. The third kappa shape index (κ3) is 2.47. The molecule has 0 aliphatic heterocycles. The van der Waals surface area contributed by atoms with Crippen LogP contribution >= 0.6 is 11.3 Å². The molecule has 0 aromatic carbocycles. The van der Waals surface area contributed by atoms with Gasteiger partial charge in [-0.25, -0.2) is 17.8 Å². The second kappa shape index (κ2) is 4.46. The lowest BCUT2D eigenvalue weighted by atomic mass is 10.4. The summed E-state index contributed by atoms with van der Waals surface area (Å²) in [6, 6.07) is 3.41. The highest BCUT2D eigenvalue weighted by molar-refractivity contribution is 7.94. The second-order valence-electron chi connectivity index (χ2n) is 3.39. The number of hydrogen-bond acceptors (Lipinski definition) is 5. The zero-order chi connectivity index (χ0) is 12.5. The molecule has 0 radical (unpaired) electrons. The predicted molar refractivity (Wildman–Crippen MR) is 65.5 cm³/mol. The fourth-order valence-corrected chi connectivity index (χ4v) is 3.58. The Morgan fingerprint density at radius 2 is 2.24 bits per heavy atom. The summed E-state index contributed by atoms with van der Waals surface area (Å²) in [5.41, 5.74) is 0. The van der Waals surface area contributed by atoms with E-state index in [1.54, 1.807) is 13.1 Å². The number of hydrogen-bond donors (Lipinski definition) is 1. The van der Waals surface area contributed by atoms with Crippen molar-refractivity contribution < 1.29 is 8.42 Å². The van der Waals surface area contributed by atoms with Crippen molar-refractivity contribution in [3.8, 4) is 0 Å². The van der Waals surface area contributed by atoms with Crippen molar-refractivity contribution >= 4 is 27.3 Å². The molecule has 0 amide bonds. The zero-order valence-corrected chi connectivity index (χ0v) is 11.0. The van der Waals surface area contributed by atoms with Crippen LogP contribution in [-0.4, -0.2) is 23.2 Å². The van der Waals surface area contributed by atoms with Gasteiger partial charge in [-0.05, 0) is 18.6 Å². The number of thiophene rings is 1. The van der Waals surface area contributed by atoms with Gasteiger partial charge in [0, 0.05) is 11.9 Å². The SMILES string of the molecule is CCc1ccc(S(=O)(=O)Nc2ncnn2C)s1. The molecule has 0 aliphatic carbocycles. The standard InChI is InChI=1S/C9H12N4O2S2/c1-3-7-4-5-8(16-7)17(14,15)12-9-10-6-11-13(9)2/h4-6H,3H2,1-2H3,(H,10,11,12). The number of nitrogens with zero attached hydrogens (tertiary/aromatic N) is 3. The minimum Gasteiger partial charge on any atom is -0.247 e. The van der Waals surface area contributed by atoms with Crippen molar-refractivity contribution in [1.82, 2.24) is 14.8 Å². The molecule has 0 unspecified atom stereocenters. The van der Waals surface area contributed by atoms with Crippen LogP contribution in [0.4, 0.5) is 5.95 Å². The maximum Gasteiger partial charge on any atom is 0.273 e. The number of aryl methyl sites for hydroxylation is 2. The van der Waals surface area contributed by atoms with Crippen molar-refractivity contribution in [2.75, 3.05) is 4.72 Å². The Bertz CT molecular complexity index is 614. The number of anilines is 1. The lowest BCUT2D eigenvalue weighted by Gasteiger charge is -2.03. The van der Waals surface area contributed by atoms with E-state index in [1.165, 1.54) is 22.3 Å². The lowest BCUT2D eigenvalue weighted by molar-refractivity contribution is 0.602. The normalized spacial score (nSPS) is 11.6. The van der Waals surface area contributed by atoms with Gasteiger partial charge in [0.25, 0.3) is 10.0 Å². The molecule has 0 saturated carbocycles. The highest BCUT2D eigenvalue weighted by Gasteiger charge is 2.18. The predicted octanol–water partition coefficient (Wildman–Crippen LogP) is 1.24. The number of nitrogens with one attached hydrogen (secondary N) is 1. The average molecular weight is 272 g/mol. The van der Waals surface area contributed by atoms with Crippen molar-refractivity contribution in [2.24, 2.45) is 7.05 Å². The van der Waals surface area contributed by atoms with E-state index in [2.05, 4.69) is 14.8 Å². The molecule has 2 heterocycles. The van der Waals surface area contributed by atoms with E-state index in [0.717, 1.165) is 11.3 Å². The van der Waals surface area contributed by atoms with E-state index >= 15 is 0 Å². The number of aromatic nitrogens is 3. The molecule has 17 heavy (non-hydrogen) atoms. The molecule has 2 aromatic rings. The van der Waals surface area contributed by atoms with Crippen molar-refractivity contribution in [3.05, 3.63) is 23.3 Å². The molecular formula is C9H12N4O2S2. The maximum absolute atomic E-state index is 12.0. The Labute approximate surface area is 103 Å². The Kier molecular flexibility index (Phi) is 3.16. The van der Waals surface area contributed by atoms with Crippen LogP contribution in [0.15, 0.2) is 22.7 Å². The smallest absolute Gasteiger partial charge is 0.247 e. The minimum atomic E-state index is -3.55. The van der Waals surface area contributed by atoms with Crippen LogP contribution in [0.25, 0.3) is 0 Å². The first-order chi connectivity index (χ1) is 8.03. The Morgan fingerprint density at radius 3 is 2.76 bits per heavy atom. The van der Waals surface area contributed by atoms with Gasteiger partial charge < -0.3 is 0 Å². The van der Waals surface area contributed by atoms with E-state index in [0.29, 0.717) is 0 Å². The third-order valence-electron chi connectivity index (χ3n) is 2.19. The maximum atomic E-state index is 12.0. The Morgan fingerprint density at radius 1 is 1.47 bits per heavy atom. The summed E-state index contributed by atoms with van der Waals surface area (Å²) in [7, 11) is -1.93. The number of rotatable bonds is 4. The summed E-state index contributed by atoms with van der Waals surface area (Å²) in [5.74, 6) is 0.205. The average Bonchev–Trinajstić information content (AvgIpc) is 2.88. The molecule has 8 heteroatoms. The van der Waals surface area contributed by atoms with Crippen LogP contribution in [0.3, 0.4) is 0 Å². The minimum absolute atomic E-state index is 0.205. The van der Waals surface area contributed by atoms with Gasteiger partial charge in [0.2, 0.25) is 5.95 Å². The fourth-order valence-electron chi connectivity index (χ4n) is 1.25. The summed E-state index contributed by atoms with van der Waals surface area (Å²) in [4.78, 5) is 4.85. The first-order valence-corrected chi connectivity index (χ1v) is 7.28. The Hall–Kier alpha value is -1.41. The first kappa shape index (κ1) is 12.1. The van der Waals surface area contributed by atoms with Crippen LogP contribution in [0, 0.1) is 0 Å². The number of sulfonamides is 1. The van der Waals surface area contributed by atoms with Crippen molar-refractivity contribution in [2.45, 2.75) is 17.6 Å². The molecule has 0 atom stereocenters. The molecule has 1 N–H and O–H groups in total. The van der Waals surface area contributed by atoms with Gasteiger partial charge in [-0.3, -0.25) is 0 Å². The van der Waals surface area contributed by atoms with Crippen molar-refractivity contribution in [3.63, 3.8) is 0 Å². The Balaban J connectivity index is 2.28. The highest BCUT2D eigenvalue weighted by atomic mass is 32.2. The van der Waals surface area contributed by atoms with Crippen LogP contribution in [0.2, 0.25) is 0 Å². The molecule has 0 saturated heterocycles. The zero-order valence-electron chi connectivity index (χ0n) is 9.41. The van der Waals surface area contributed by atoms with Crippen molar-refractivity contribution in [1.29, 1.82) is 0 Å². The van der Waals surface area contributed by atoms with E-state index < -0.39 is 10.0 Å². The molecule has 6 nitrogen and oxygen atoms in total. The first-order valence-electron chi connectivity index (χ1n) is 4.98. The highest BCUT2D eigenvalue weighted by Crippen LogP contribution is 2.23.